The standard InChI is InChI=1S/C13H12N2O2S/c1-8-14-10-6-9(2-3-12(10)17-8)11-7-18-13(15-11)4-5-16/h2-3,6-7,16H,4-5H2,1H3. The third-order valence-electron chi connectivity index (χ3n) is 2.67. The summed E-state index contributed by atoms with van der Waals surface area (Å²) in [4.78, 5) is 8.80. The maximum atomic E-state index is 8.89. The van der Waals surface area contributed by atoms with Gasteiger partial charge in [-0.25, -0.2) is 9.97 Å². The number of rotatable bonds is 3. The Morgan fingerprint density at radius 1 is 1.33 bits per heavy atom. The minimum absolute atomic E-state index is 0.133. The third-order valence-corrected chi connectivity index (χ3v) is 3.58. The molecule has 4 nitrogen and oxygen atoms in total. The molecule has 0 unspecified atom stereocenters. The summed E-state index contributed by atoms with van der Waals surface area (Å²) < 4.78 is 5.44. The van der Waals surface area contributed by atoms with Crippen LogP contribution in [0.4, 0.5) is 0 Å². The van der Waals surface area contributed by atoms with Crippen molar-refractivity contribution >= 4 is 22.4 Å². The van der Waals surface area contributed by atoms with E-state index in [1.807, 2.05) is 30.5 Å². The third kappa shape index (κ3) is 2.02. The minimum atomic E-state index is 0.133. The number of thiazole rings is 1. The molecule has 5 heteroatoms. The molecule has 0 saturated carbocycles. The molecule has 0 atom stereocenters. The van der Waals surface area contributed by atoms with Crippen LogP contribution in [0.15, 0.2) is 28.0 Å². The summed E-state index contributed by atoms with van der Waals surface area (Å²) in [6, 6.07) is 5.87. The minimum Gasteiger partial charge on any atom is -0.441 e. The Balaban J connectivity index is 2.01. The molecule has 18 heavy (non-hydrogen) atoms. The van der Waals surface area contributed by atoms with Gasteiger partial charge in [0.15, 0.2) is 11.5 Å². The van der Waals surface area contributed by atoms with Crippen molar-refractivity contribution in [3.05, 3.63) is 34.5 Å². The van der Waals surface area contributed by atoms with Gasteiger partial charge in [0, 0.05) is 30.9 Å². The van der Waals surface area contributed by atoms with Gasteiger partial charge in [0.25, 0.3) is 0 Å². The highest BCUT2D eigenvalue weighted by atomic mass is 32.1. The predicted octanol–water partition coefficient (Wildman–Crippen LogP) is 2.79. The summed E-state index contributed by atoms with van der Waals surface area (Å²) in [6.07, 6.45) is 0.607. The number of aromatic nitrogens is 2. The second-order valence-corrected chi connectivity index (χ2v) is 4.96. The molecule has 2 aromatic heterocycles. The van der Waals surface area contributed by atoms with Gasteiger partial charge in [-0.2, -0.15) is 0 Å². The van der Waals surface area contributed by atoms with Crippen LogP contribution in [0.1, 0.15) is 10.9 Å². The van der Waals surface area contributed by atoms with Crippen LogP contribution in [0.25, 0.3) is 22.4 Å². The number of aliphatic hydroxyl groups excluding tert-OH is 1. The van der Waals surface area contributed by atoms with Gasteiger partial charge in [0.05, 0.1) is 10.7 Å². The number of fused-ring (bicyclic) bond motifs is 1. The molecule has 3 rings (SSSR count). The van der Waals surface area contributed by atoms with Gasteiger partial charge in [-0.1, -0.05) is 0 Å². The fourth-order valence-electron chi connectivity index (χ4n) is 1.86. The van der Waals surface area contributed by atoms with Crippen LogP contribution in [0.2, 0.25) is 0 Å². The van der Waals surface area contributed by atoms with Gasteiger partial charge in [-0.05, 0) is 18.2 Å². The Hall–Kier alpha value is -1.72. The molecule has 2 heterocycles. The van der Waals surface area contributed by atoms with Crippen LogP contribution >= 0.6 is 11.3 Å². The quantitative estimate of drug-likeness (QED) is 0.786. The fourth-order valence-corrected chi connectivity index (χ4v) is 2.65. The summed E-state index contributed by atoms with van der Waals surface area (Å²) in [5.74, 6) is 0.668. The Bertz CT molecular complexity index is 687. The summed E-state index contributed by atoms with van der Waals surface area (Å²) in [5, 5.41) is 11.8. The highest BCUT2D eigenvalue weighted by molar-refractivity contribution is 7.09. The second-order valence-electron chi connectivity index (χ2n) is 4.02. The Morgan fingerprint density at radius 2 is 2.22 bits per heavy atom. The first kappa shape index (κ1) is 11.4. The van der Waals surface area contributed by atoms with Gasteiger partial charge >= 0.3 is 0 Å². The van der Waals surface area contributed by atoms with Crippen LogP contribution < -0.4 is 0 Å². The molecule has 0 aliphatic rings. The van der Waals surface area contributed by atoms with Gasteiger partial charge in [-0.3, -0.25) is 0 Å². The topological polar surface area (TPSA) is 59.2 Å². The zero-order valence-corrected chi connectivity index (χ0v) is 10.7. The maximum absolute atomic E-state index is 8.89. The van der Waals surface area contributed by atoms with Gasteiger partial charge < -0.3 is 9.52 Å². The van der Waals surface area contributed by atoms with Crippen molar-refractivity contribution < 1.29 is 9.52 Å². The molecule has 0 spiro atoms. The zero-order chi connectivity index (χ0) is 12.5. The smallest absolute Gasteiger partial charge is 0.192 e. The van der Waals surface area contributed by atoms with Gasteiger partial charge in [-0.15, -0.1) is 11.3 Å². The Kier molecular flexibility index (Phi) is 2.85. The van der Waals surface area contributed by atoms with Crippen molar-refractivity contribution in [3.8, 4) is 11.3 Å². The van der Waals surface area contributed by atoms with E-state index in [2.05, 4.69) is 9.97 Å². The summed E-state index contributed by atoms with van der Waals surface area (Å²) in [5.41, 5.74) is 3.59. The predicted molar refractivity (Wildman–Crippen MR) is 70.6 cm³/mol. The lowest BCUT2D eigenvalue weighted by molar-refractivity contribution is 0.299. The molecule has 0 bridgehead atoms. The highest BCUT2D eigenvalue weighted by Gasteiger charge is 2.07. The van der Waals surface area contributed by atoms with E-state index in [0.717, 1.165) is 27.4 Å². The van der Waals surface area contributed by atoms with Crippen LogP contribution in [0, 0.1) is 6.92 Å². The Labute approximate surface area is 108 Å². The van der Waals surface area contributed by atoms with Gasteiger partial charge in [0.1, 0.15) is 5.52 Å². The first-order valence-electron chi connectivity index (χ1n) is 5.69. The van der Waals surface area contributed by atoms with E-state index in [-0.39, 0.29) is 6.61 Å². The van der Waals surface area contributed by atoms with E-state index in [0.29, 0.717) is 12.3 Å². The van der Waals surface area contributed by atoms with Crippen molar-refractivity contribution in [1.29, 1.82) is 0 Å². The average molecular weight is 260 g/mol. The van der Waals surface area contributed by atoms with Crippen molar-refractivity contribution in [2.75, 3.05) is 6.61 Å². The molecular weight excluding hydrogens is 248 g/mol. The zero-order valence-electron chi connectivity index (χ0n) is 9.88. The van der Waals surface area contributed by atoms with Crippen molar-refractivity contribution in [1.82, 2.24) is 9.97 Å². The monoisotopic (exact) mass is 260 g/mol. The SMILES string of the molecule is Cc1nc2cc(-c3csc(CCO)n3)ccc2o1. The van der Waals surface area contributed by atoms with Crippen molar-refractivity contribution in [3.63, 3.8) is 0 Å². The van der Waals surface area contributed by atoms with Gasteiger partial charge in [0.2, 0.25) is 0 Å². The second kappa shape index (κ2) is 4.51. The molecule has 0 saturated heterocycles. The lowest BCUT2D eigenvalue weighted by Crippen LogP contribution is -1.89. The van der Waals surface area contributed by atoms with E-state index in [1.165, 1.54) is 0 Å². The number of nitrogens with zero attached hydrogens (tertiary/aromatic N) is 2. The molecule has 1 N–H and O–H groups in total. The van der Waals surface area contributed by atoms with E-state index >= 15 is 0 Å². The first-order valence-corrected chi connectivity index (χ1v) is 6.57. The van der Waals surface area contributed by atoms with E-state index in [1.54, 1.807) is 11.3 Å². The number of aryl methyl sites for hydroxylation is 1. The van der Waals surface area contributed by atoms with E-state index in [9.17, 15) is 0 Å². The van der Waals surface area contributed by atoms with Crippen molar-refractivity contribution in [2.24, 2.45) is 0 Å². The molecule has 3 aromatic rings. The maximum Gasteiger partial charge on any atom is 0.192 e. The molecular formula is C13H12N2O2S. The van der Waals surface area contributed by atoms with Crippen molar-refractivity contribution in [2.45, 2.75) is 13.3 Å². The number of oxazole rings is 1. The number of aliphatic hydroxyl groups is 1. The van der Waals surface area contributed by atoms with E-state index in [4.69, 9.17) is 9.52 Å². The molecule has 0 aliphatic carbocycles. The highest BCUT2D eigenvalue weighted by Crippen LogP contribution is 2.26. The van der Waals surface area contributed by atoms with Crippen LogP contribution in [-0.4, -0.2) is 21.7 Å². The van der Waals surface area contributed by atoms with E-state index < -0.39 is 0 Å². The van der Waals surface area contributed by atoms with Crippen LogP contribution in [0.5, 0.6) is 0 Å². The molecule has 0 fully saturated rings. The number of benzene rings is 1. The fraction of sp³-hybridized carbons (Fsp3) is 0.231. The number of hydrogen-bond donors (Lipinski definition) is 1. The Morgan fingerprint density at radius 3 is 3.06 bits per heavy atom. The first-order chi connectivity index (χ1) is 8.76. The molecule has 0 radical (unpaired) electrons. The summed E-state index contributed by atoms with van der Waals surface area (Å²) in [6.45, 7) is 1.97. The number of hydrogen-bond acceptors (Lipinski definition) is 5. The molecule has 0 amide bonds. The normalized spacial score (nSPS) is 11.2. The van der Waals surface area contributed by atoms with Crippen LogP contribution in [0.3, 0.4) is 0 Å². The molecule has 92 valence electrons. The lowest BCUT2D eigenvalue weighted by atomic mass is 10.1. The average Bonchev–Trinajstić information content (AvgIpc) is 2.93. The summed E-state index contributed by atoms with van der Waals surface area (Å²) in [7, 11) is 0. The molecule has 0 aliphatic heterocycles. The largest absolute Gasteiger partial charge is 0.441 e. The van der Waals surface area contributed by atoms with Crippen LogP contribution in [-0.2, 0) is 6.42 Å². The summed E-state index contributed by atoms with van der Waals surface area (Å²) >= 11 is 1.56. The molecule has 1 aromatic carbocycles. The lowest BCUT2D eigenvalue weighted by Gasteiger charge is -1.95.